The maximum Gasteiger partial charge on any atom is 0.338 e. The molecule has 272 valence electrons. The number of methoxy groups -OCH3 is 6. The Labute approximate surface area is 295 Å². The van der Waals surface area contributed by atoms with E-state index in [4.69, 9.17) is 33.2 Å². The van der Waals surface area contributed by atoms with Crippen LogP contribution < -0.4 is 18.9 Å². The number of hydrogen-bond acceptors (Lipinski definition) is 10. The minimum absolute atomic E-state index is 0.0170. The van der Waals surface area contributed by atoms with Crippen LogP contribution in [0.2, 0.25) is 0 Å². The van der Waals surface area contributed by atoms with E-state index in [1.54, 1.807) is 26.4 Å². The van der Waals surface area contributed by atoms with Crippen LogP contribution in [0.5, 0.6) is 23.0 Å². The highest BCUT2D eigenvalue weighted by atomic mass is 16.6. The van der Waals surface area contributed by atoms with Crippen molar-refractivity contribution < 1.29 is 42.7 Å². The zero-order valence-corrected chi connectivity index (χ0v) is 30.6. The third kappa shape index (κ3) is 7.30. The smallest absolute Gasteiger partial charge is 0.338 e. The monoisotopic (exact) mass is 692 g/mol. The van der Waals surface area contributed by atoms with Crippen molar-refractivity contribution in [3.8, 4) is 23.0 Å². The molecule has 0 spiro atoms. The molecule has 6 rings (SSSR count). The van der Waals surface area contributed by atoms with Crippen molar-refractivity contribution >= 4 is 22.8 Å². The molecule has 2 fully saturated rings. The zero-order valence-electron chi connectivity index (χ0n) is 30.6. The van der Waals surface area contributed by atoms with Crippen molar-refractivity contribution in [1.29, 1.82) is 0 Å². The van der Waals surface area contributed by atoms with Crippen molar-refractivity contribution in [1.82, 2.24) is 9.88 Å². The molecule has 2 aliphatic heterocycles. The molecule has 3 aliphatic rings. The number of aromatic nitrogens is 1. The molecule has 1 saturated heterocycles. The summed E-state index contributed by atoms with van der Waals surface area (Å²) in [5.74, 6) is 1.22. The Kier molecular flexibility index (Phi) is 12.0. The normalized spacial score (nSPS) is 24.1. The molecule has 0 amide bonds. The third-order valence-corrected chi connectivity index (χ3v) is 10.4. The van der Waals surface area contributed by atoms with Gasteiger partial charge < -0.3 is 38.1 Å². The summed E-state index contributed by atoms with van der Waals surface area (Å²) < 4.78 is 39.1. The maximum atomic E-state index is 13.5. The highest BCUT2D eigenvalue weighted by molar-refractivity contribution is 5.91. The molecule has 0 unspecified atom stereocenters. The van der Waals surface area contributed by atoms with Gasteiger partial charge in [-0.1, -0.05) is 19.9 Å². The number of fused-ring (bicyclic) bond motifs is 6. The zero-order chi connectivity index (χ0) is 36.1. The quantitative estimate of drug-likeness (QED) is 0.189. The number of benzene rings is 2. The van der Waals surface area contributed by atoms with Crippen LogP contribution in [-0.4, -0.2) is 89.8 Å². The lowest BCUT2D eigenvalue weighted by Gasteiger charge is -2.52. The molecule has 11 heteroatoms. The van der Waals surface area contributed by atoms with Crippen LogP contribution in [0.15, 0.2) is 43.0 Å². The fourth-order valence-corrected chi connectivity index (χ4v) is 8.10. The summed E-state index contributed by atoms with van der Waals surface area (Å²) in [6.45, 7) is 9.65. The summed E-state index contributed by atoms with van der Waals surface area (Å²) in [4.78, 5) is 33.1. The fraction of sp³-hybridized carbons (Fsp3) is 0.538. The van der Waals surface area contributed by atoms with Gasteiger partial charge in [0.25, 0.3) is 0 Å². The summed E-state index contributed by atoms with van der Waals surface area (Å²) in [6.07, 6.45) is 4.01. The summed E-state index contributed by atoms with van der Waals surface area (Å²) in [5, 5.41) is 1.21. The molecular formula is C39H52N2O9. The van der Waals surface area contributed by atoms with E-state index in [1.807, 2.05) is 18.2 Å². The van der Waals surface area contributed by atoms with Crippen molar-refractivity contribution in [2.75, 3.05) is 55.7 Å². The second kappa shape index (κ2) is 16.2. The Bertz CT molecular complexity index is 1640. The molecule has 50 heavy (non-hydrogen) atoms. The Hall–Kier alpha value is -4.22. The predicted molar refractivity (Wildman–Crippen MR) is 190 cm³/mol. The first-order valence-electron chi connectivity index (χ1n) is 17.3. The molecule has 0 bridgehead atoms. The van der Waals surface area contributed by atoms with E-state index in [-0.39, 0.29) is 29.4 Å². The van der Waals surface area contributed by atoms with Crippen molar-refractivity contribution in [3.05, 3.63) is 59.8 Å². The van der Waals surface area contributed by atoms with Gasteiger partial charge in [0.1, 0.15) is 18.0 Å². The Morgan fingerprint density at radius 2 is 1.70 bits per heavy atom. The average molecular weight is 693 g/mol. The van der Waals surface area contributed by atoms with Gasteiger partial charge in [0.2, 0.25) is 5.75 Å². The lowest BCUT2D eigenvalue weighted by Crippen LogP contribution is -2.58. The summed E-state index contributed by atoms with van der Waals surface area (Å²) >= 11 is 0. The van der Waals surface area contributed by atoms with Gasteiger partial charge in [-0.25, -0.2) is 4.79 Å². The third-order valence-electron chi connectivity index (χ3n) is 10.4. The molecule has 11 nitrogen and oxygen atoms in total. The first kappa shape index (κ1) is 37.0. The van der Waals surface area contributed by atoms with Crippen molar-refractivity contribution in [2.24, 2.45) is 23.7 Å². The van der Waals surface area contributed by atoms with Crippen LogP contribution in [0.4, 0.5) is 0 Å². The number of ether oxygens (including phenoxy) is 7. The fourth-order valence-electron chi connectivity index (χ4n) is 8.10. The number of piperidine rings is 1. The second-order valence-corrected chi connectivity index (χ2v) is 13.6. The molecule has 1 N–H and O–H groups in total. The molecule has 3 aromatic rings. The van der Waals surface area contributed by atoms with E-state index in [9.17, 15) is 9.59 Å². The molecule has 3 heterocycles. The van der Waals surface area contributed by atoms with Crippen LogP contribution in [0, 0.1) is 23.7 Å². The van der Waals surface area contributed by atoms with E-state index in [0.717, 1.165) is 49.5 Å². The van der Waals surface area contributed by atoms with Crippen LogP contribution in [-0.2, 0) is 25.4 Å². The largest absolute Gasteiger partial charge is 0.497 e. The Balaban J connectivity index is 0.000000745. The molecule has 0 radical (unpaired) electrons. The number of hydrogen-bond donors (Lipinski definition) is 1. The molecule has 2 aromatic carbocycles. The summed E-state index contributed by atoms with van der Waals surface area (Å²) in [5.41, 5.74) is 3.83. The minimum Gasteiger partial charge on any atom is -0.497 e. The standard InChI is InChI=1S/C33H40N2O9.C6H12/c1-38-19-7-8-20-21-9-10-35-16-18-13-27(44-32(36)17-11-25(39-2)30(41-4)26(12-17)40-3)31(42-5)28(33(37)43-6)22(18)15-24(35)29(21)34-23(20)14-19;1-4-5-6(2)3/h7-8,11-12,14,18,22,24,27-28,31,34H,9-10,13,15-16H2,1-6H3;4,6H,1,5H2,2-3H3/t18-,22+,24-,27-,28+,31+;/m1./s1. The molecule has 1 aromatic heterocycles. The summed E-state index contributed by atoms with van der Waals surface area (Å²) in [7, 11) is 9.10. The molecular weight excluding hydrogens is 640 g/mol. The van der Waals surface area contributed by atoms with Crippen molar-refractivity contribution in [2.45, 2.75) is 57.8 Å². The van der Waals surface area contributed by atoms with Gasteiger partial charge in [0, 0.05) is 42.9 Å². The second-order valence-electron chi connectivity index (χ2n) is 13.6. The number of rotatable bonds is 10. The minimum atomic E-state index is -0.670. The first-order valence-corrected chi connectivity index (χ1v) is 17.3. The van der Waals surface area contributed by atoms with E-state index in [2.05, 4.69) is 36.4 Å². The number of nitrogens with one attached hydrogen (secondary N) is 1. The van der Waals surface area contributed by atoms with E-state index < -0.39 is 24.1 Å². The number of H-pyrrole nitrogens is 1. The summed E-state index contributed by atoms with van der Waals surface area (Å²) in [6, 6.07) is 9.40. The lowest BCUT2D eigenvalue weighted by atomic mass is 9.63. The van der Waals surface area contributed by atoms with E-state index >= 15 is 0 Å². The van der Waals surface area contributed by atoms with Crippen LogP contribution in [0.25, 0.3) is 10.9 Å². The van der Waals surface area contributed by atoms with Crippen LogP contribution in [0.1, 0.15) is 60.8 Å². The van der Waals surface area contributed by atoms with Crippen LogP contribution in [0.3, 0.4) is 0 Å². The number of allylic oxidation sites excluding steroid dienone is 1. The molecule has 6 atom stereocenters. The van der Waals surface area contributed by atoms with Gasteiger partial charge in [-0.3, -0.25) is 9.69 Å². The highest BCUT2D eigenvalue weighted by Crippen LogP contribution is 2.51. The number of carbonyl (C=O) groups excluding carboxylic acids is 2. The Morgan fingerprint density at radius 1 is 0.980 bits per heavy atom. The maximum absolute atomic E-state index is 13.5. The van der Waals surface area contributed by atoms with Gasteiger partial charge in [-0.2, -0.15) is 0 Å². The lowest BCUT2D eigenvalue weighted by molar-refractivity contribution is -0.176. The van der Waals surface area contributed by atoms with Gasteiger partial charge in [-0.05, 0) is 73.3 Å². The van der Waals surface area contributed by atoms with Gasteiger partial charge in [0.15, 0.2) is 11.5 Å². The Morgan fingerprint density at radius 3 is 2.26 bits per heavy atom. The van der Waals surface area contributed by atoms with E-state index in [0.29, 0.717) is 23.7 Å². The number of carbonyl (C=O) groups is 2. The van der Waals surface area contributed by atoms with E-state index in [1.165, 1.54) is 45.1 Å². The molecule has 1 aliphatic carbocycles. The predicted octanol–water partition coefficient (Wildman–Crippen LogP) is 6.39. The number of aromatic amines is 1. The SMILES string of the molecule is C=CCC(C)C.COC(=O)[C@H]1[C@H]2C[C@@H]3c4[nH]c5cc(OC)ccc5c4CCN3C[C@H]2C[C@@H](OC(=O)c2cc(OC)c(OC)c(OC)c2)[C@@H]1OC. The number of nitrogens with zero attached hydrogens (tertiary/aromatic N) is 1. The molecule has 1 saturated carbocycles. The van der Waals surface area contributed by atoms with Crippen molar-refractivity contribution in [3.63, 3.8) is 0 Å². The van der Waals surface area contributed by atoms with Gasteiger partial charge in [-0.15, -0.1) is 6.58 Å². The highest BCUT2D eigenvalue weighted by Gasteiger charge is 2.54. The first-order chi connectivity index (χ1) is 24.1. The van der Waals surface area contributed by atoms with Gasteiger partial charge >= 0.3 is 11.9 Å². The van der Waals surface area contributed by atoms with Gasteiger partial charge in [0.05, 0.1) is 53.1 Å². The number of esters is 2. The topological polar surface area (TPSA) is 118 Å². The average Bonchev–Trinajstić information content (AvgIpc) is 3.50. The van der Waals surface area contributed by atoms with Crippen LogP contribution >= 0.6 is 0 Å².